The number of anilines is 2. The summed E-state index contributed by atoms with van der Waals surface area (Å²) >= 11 is 0. The second-order valence-electron chi connectivity index (χ2n) is 8.26. The molecule has 0 unspecified atom stereocenters. The maximum absolute atomic E-state index is 13.5. The molecule has 1 N–H and O–H groups in total. The smallest absolute Gasteiger partial charge is 0.162 e. The van der Waals surface area contributed by atoms with Gasteiger partial charge < -0.3 is 14.6 Å². The van der Waals surface area contributed by atoms with Crippen molar-refractivity contribution in [3.8, 4) is 22.8 Å². The highest BCUT2D eigenvalue weighted by Gasteiger charge is 2.17. The van der Waals surface area contributed by atoms with Crippen LogP contribution >= 0.6 is 0 Å². The highest BCUT2D eigenvalue weighted by Crippen LogP contribution is 2.33. The van der Waals surface area contributed by atoms with Crippen LogP contribution < -0.4 is 10.1 Å². The van der Waals surface area contributed by atoms with Crippen LogP contribution in [-0.2, 0) is 7.05 Å². The van der Waals surface area contributed by atoms with Crippen LogP contribution in [0, 0.1) is 12.7 Å². The molecule has 2 aromatic carbocycles. The molecule has 9 heteroatoms. The van der Waals surface area contributed by atoms with Gasteiger partial charge in [0, 0.05) is 24.4 Å². The van der Waals surface area contributed by atoms with E-state index in [4.69, 9.17) is 14.7 Å². The molecule has 35 heavy (non-hydrogen) atoms. The average molecular weight is 470 g/mol. The highest BCUT2D eigenvalue weighted by atomic mass is 19.1. The van der Waals surface area contributed by atoms with Crippen LogP contribution in [-0.4, -0.2) is 36.4 Å². The predicted molar refractivity (Wildman–Crippen MR) is 135 cm³/mol. The van der Waals surface area contributed by atoms with Gasteiger partial charge in [-0.1, -0.05) is 6.58 Å². The van der Waals surface area contributed by atoms with Crippen molar-refractivity contribution in [3.05, 3.63) is 78.8 Å². The number of methoxy groups -OCH3 is 1. The van der Waals surface area contributed by atoms with Crippen molar-refractivity contribution in [1.29, 1.82) is 0 Å². The third kappa shape index (κ3) is 4.12. The Balaban J connectivity index is 1.61. The number of nitrogens with zero attached hydrogens (tertiary/aromatic N) is 6. The number of aromatic nitrogens is 6. The Bertz CT molecular complexity index is 1570. The third-order valence-corrected chi connectivity index (χ3v) is 5.68. The first-order chi connectivity index (χ1) is 16.8. The number of hydrogen-bond donors (Lipinski definition) is 1. The van der Waals surface area contributed by atoms with E-state index in [1.54, 1.807) is 30.3 Å². The topological polar surface area (TPSA) is 82.7 Å². The van der Waals surface area contributed by atoms with E-state index in [9.17, 15) is 4.39 Å². The van der Waals surface area contributed by atoms with Crippen LogP contribution in [0.2, 0.25) is 0 Å². The van der Waals surface area contributed by atoms with Crippen LogP contribution in [0.5, 0.6) is 5.75 Å². The van der Waals surface area contributed by atoms with Crippen LogP contribution in [0.3, 0.4) is 0 Å². The molecule has 0 saturated heterocycles. The summed E-state index contributed by atoms with van der Waals surface area (Å²) in [6.07, 6.45) is 1.65. The summed E-state index contributed by atoms with van der Waals surface area (Å²) in [6.45, 7) is 7.80. The minimum atomic E-state index is -0.295. The molecule has 176 valence electrons. The number of ether oxygens (including phenoxy) is 1. The molecule has 0 radical (unpaired) electrons. The van der Waals surface area contributed by atoms with Gasteiger partial charge in [0.2, 0.25) is 0 Å². The van der Waals surface area contributed by atoms with Crippen LogP contribution in [0.4, 0.5) is 15.8 Å². The molecule has 5 rings (SSSR count). The first-order valence-corrected chi connectivity index (χ1v) is 11.0. The lowest BCUT2D eigenvalue weighted by atomic mass is 10.2. The first-order valence-electron chi connectivity index (χ1n) is 11.0. The fourth-order valence-electron chi connectivity index (χ4n) is 3.88. The van der Waals surface area contributed by atoms with Gasteiger partial charge in [0.15, 0.2) is 5.65 Å². The Morgan fingerprint density at radius 2 is 1.86 bits per heavy atom. The average Bonchev–Trinajstić information content (AvgIpc) is 3.43. The molecule has 0 saturated carbocycles. The number of benzene rings is 2. The van der Waals surface area contributed by atoms with Gasteiger partial charge in [-0.05, 0) is 61.9 Å². The van der Waals surface area contributed by atoms with Gasteiger partial charge in [-0.25, -0.2) is 24.0 Å². The summed E-state index contributed by atoms with van der Waals surface area (Å²) in [5.74, 6) is 1.70. The van der Waals surface area contributed by atoms with E-state index in [2.05, 4.69) is 22.0 Å². The van der Waals surface area contributed by atoms with Gasteiger partial charge >= 0.3 is 0 Å². The number of pyridine rings is 1. The Hall–Kier alpha value is -4.53. The molecule has 0 aliphatic carbocycles. The molecule has 3 aromatic heterocycles. The number of aryl methyl sites for hydroxylation is 2. The van der Waals surface area contributed by atoms with Gasteiger partial charge in [0.25, 0.3) is 0 Å². The van der Waals surface area contributed by atoms with Crippen molar-refractivity contribution in [1.82, 2.24) is 29.3 Å². The zero-order valence-corrected chi connectivity index (χ0v) is 19.9. The molecule has 8 nitrogen and oxygen atoms in total. The molecule has 0 amide bonds. The second kappa shape index (κ2) is 8.68. The molecule has 0 aliphatic rings. The maximum atomic E-state index is 13.5. The first kappa shape index (κ1) is 22.3. The minimum Gasteiger partial charge on any atom is -0.494 e. The van der Waals surface area contributed by atoms with Gasteiger partial charge in [-0.3, -0.25) is 0 Å². The number of allylic oxidation sites excluding steroid dienone is 1. The van der Waals surface area contributed by atoms with E-state index in [-0.39, 0.29) is 5.82 Å². The number of hydrogen-bond acceptors (Lipinski definition) is 6. The van der Waals surface area contributed by atoms with E-state index in [1.807, 2.05) is 49.7 Å². The van der Waals surface area contributed by atoms with Crippen LogP contribution in [0.25, 0.3) is 33.8 Å². The van der Waals surface area contributed by atoms with Crippen molar-refractivity contribution < 1.29 is 9.13 Å². The molecular weight excluding hydrogens is 445 g/mol. The minimum absolute atomic E-state index is 0.295. The predicted octanol–water partition coefficient (Wildman–Crippen LogP) is 5.45. The fourth-order valence-corrected chi connectivity index (χ4v) is 3.88. The molecule has 0 fully saturated rings. The quantitative estimate of drug-likeness (QED) is 0.356. The molecular formula is C26H24FN7O. The molecule has 0 atom stereocenters. The summed E-state index contributed by atoms with van der Waals surface area (Å²) in [7, 11) is 3.51. The van der Waals surface area contributed by atoms with E-state index < -0.39 is 0 Å². The number of nitrogens with one attached hydrogen (secondary N) is 1. The van der Waals surface area contributed by atoms with Gasteiger partial charge in [0.05, 0.1) is 18.5 Å². The lowest BCUT2D eigenvalue weighted by Crippen LogP contribution is -2.01. The number of halogens is 1. The lowest BCUT2D eigenvalue weighted by molar-refractivity contribution is 0.412. The number of fused-ring (bicyclic) bond motifs is 1. The third-order valence-electron chi connectivity index (χ3n) is 5.68. The Kier molecular flexibility index (Phi) is 5.52. The monoisotopic (exact) mass is 469 g/mol. The van der Waals surface area contributed by atoms with Crippen molar-refractivity contribution in [2.45, 2.75) is 13.8 Å². The van der Waals surface area contributed by atoms with Crippen molar-refractivity contribution in [2.24, 2.45) is 7.05 Å². The van der Waals surface area contributed by atoms with Crippen LogP contribution in [0.15, 0.2) is 61.4 Å². The van der Waals surface area contributed by atoms with E-state index in [1.165, 1.54) is 12.1 Å². The van der Waals surface area contributed by atoms with E-state index in [0.717, 1.165) is 33.9 Å². The SMILES string of the molecule is C=C(C)c1cc(Nc2ccc(-n3cnc(C)n3)c(OC)c2)c2nc(-c3ccc(F)cc3)n(C)c2n1. The zero-order chi connectivity index (χ0) is 24.7. The number of imidazole rings is 1. The summed E-state index contributed by atoms with van der Waals surface area (Å²) in [4.78, 5) is 13.8. The normalized spacial score (nSPS) is 11.1. The van der Waals surface area contributed by atoms with E-state index >= 15 is 0 Å². The lowest BCUT2D eigenvalue weighted by Gasteiger charge is -2.13. The van der Waals surface area contributed by atoms with Crippen LogP contribution in [0.1, 0.15) is 18.4 Å². The summed E-state index contributed by atoms with van der Waals surface area (Å²) < 4.78 is 22.7. The van der Waals surface area contributed by atoms with Gasteiger partial charge in [-0.15, -0.1) is 0 Å². The largest absolute Gasteiger partial charge is 0.494 e. The van der Waals surface area contributed by atoms with Crippen molar-refractivity contribution >= 4 is 28.1 Å². The molecule has 5 aromatic rings. The summed E-state index contributed by atoms with van der Waals surface area (Å²) in [6, 6.07) is 13.9. The molecule has 0 bridgehead atoms. The molecule has 3 heterocycles. The van der Waals surface area contributed by atoms with Crippen molar-refractivity contribution in [3.63, 3.8) is 0 Å². The Labute approximate surface area is 201 Å². The second-order valence-corrected chi connectivity index (χ2v) is 8.26. The maximum Gasteiger partial charge on any atom is 0.162 e. The zero-order valence-electron chi connectivity index (χ0n) is 19.9. The standard InChI is InChI=1S/C26H24FN7O/c1-15(2)20-13-21(24-26(30-20)33(4)25(31-24)17-6-8-18(27)9-7-17)29-19-10-11-22(23(12-19)35-5)34-14-28-16(3)32-34/h6-14H,1H2,2-5H3,(H,29,30). The Morgan fingerprint density at radius 3 is 2.51 bits per heavy atom. The fraction of sp³-hybridized carbons (Fsp3) is 0.154. The molecule has 0 spiro atoms. The number of rotatable bonds is 6. The van der Waals surface area contributed by atoms with E-state index in [0.29, 0.717) is 28.6 Å². The van der Waals surface area contributed by atoms with Gasteiger partial charge in [-0.2, -0.15) is 5.10 Å². The highest BCUT2D eigenvalue weighted by molar-refractivity contribution is 5.92. The molecule has 0 aliphatic heterocycles. The van der Waals surface area contributed by atoms with Crippen molar-refractivity contribution in [2.75, 3.05) is 12.4 Å². The summed E-state index contributed by atoms with van der Waals surface area (Å²) in [5, 5.41) is 7.83. The van der Waals surface area contributed by atoms with Gasteiger partial charge in [0.1, 0.15) is 40.7 Å². The summed E-state index contributed by atoms with van der Waals surface area (Å²) in [5.41, 5.74) is 6.09. The Morgan fingerprint density at radius 1 is 1.09 bits per heavy atom.